The molecule has 3 unspecified atom stereocenters. The van der Waals surface area contributed by atoms with E-state index in [1.807, 2.05) is 11.8 Å². The van der Waals surface area contributed by atoms with Crippen LogP contribution in [0.15, 0.2) is 0 Å². The van der Waals surface area contributed by atoms with E-state index in [9.17, 15) is 9.59 Å². The number of carbonyl (C=O) groups is 2. The summed E-state index contributed by atoms with van der Waals surface area (Å²) in [6, 6.07) is -0.134. The van der Waals surface area contributed by atoms with Gasteiger partial charge in [0.25, 0.3) is 0 Å². The summed E-state index contributed by atoms with van der Waals surface area (Å²) in [5.41, 5.74) is 0. The second-order valence-electron chi connectivity index (χ2n) is 5.74. The Hall–Kier alpha value is -1.26. The fraction of sp³-hybridized carbons (Fsp3) is 0.867. The number of unbranched alkanes of at least 4 members (excludes halogenated alkanes) is 1. The van der Waals surface area contributed by atoms with E-state index >= 15 is 0 Å². The molecule has 116 valence electrons. The first-order valence-corrected chi connectivity index (χ1v) is 7.81. The fourth-order valence-electron chi connectivity index (χ4n) is 2.74. The normalized spacial score (nSPS) is 23.4. The third-order valence-electron chi connectivity index (χ3n) is 4.28. The van der Waals surface area contributed by atoms with Crippen molar-refractivity contribution >= 4 is 12.0 Å². The Morgan fingerprint density at radius 1 is 1.35 bits per heavy atom. The molecule has 3 atom stereocenters. The van der Waals surface area contributed by atoms with Crippen LogP contribution in [0.1, 0.15) is 59.3 Å². The number of rotatable bonds is 7. The van der Waals surface area contributed by atoms with Gasteiger partial charge in [-0.2, -0.15) is 0 Å². The Bertz CT molecular complexity index is 333. The molecule has 1 rings (SSSR count). The highest BCUT2D eigenvalue weighted by atomic mass is 16.4. The molecule has 0 aromatic heterocycles. The molecule has 5 heteroatoms. The van der Waals surface area contributed by atoms with Crippen LogP contribution in [0.4, 0.5) is 4.79 Å². The van der Waals surface area contributed by atoms with Gasteiger partial charge in [0.05, 0.1) is 5.92 Å². The Labute approximate surface area is 121 Å². The number of amides is 2. The minimum atomic E-state index is -0.795. The number of carbonyl (C=O) groups excluding carboxylic acids is 1. The van der Waals surface area contributed by atoms with Gasteiger partial charge in [0.1, 0.15) is 0 Å². The van der Waals surface area contributed by atoms with Crippen LogP contribution in [0.25, 0.3) is 0 Å². The fourth-order valence-corrected chi connectivity index (χ4v) is 2.74. The van der Waals surface area contributed by atoms with E-state index in [4.69, 9.17) is 5.11 Å². The van der Waals surface area contributed by atoms with Gasteiger partial charge in [0.15, 0.2) is 0 Å². The number of hydrogen-bond acceptors (Lipinski definition) is 2. The van der Waals surface area contributed by atoms with Crippen LogP contribution in [-0.4, -0.2) is 40.6 Å². The third kappa shape index (κ3) is 4.39. The molecule has 1 saturated carbocycles. The molecule has 5 nitrogen and oxygen atoms in total. The molecule has 0 heterocycles. The molecule has 2 N–H and O–H groups in total. The quantitative estimate of drug-likeness (QED) is 0.755. The van der Waals surface area contributed by atoms with Crippen molar-refractivity contribution < 1.29 is 14.7 Å². The summed E-state index contributed by atoms with van der Waals surface area (Å²) in [5, 5.41) is 12.1. The number of nitrogens with one attached hydrogen (secondary N) is 1. The van der Waals surface area contributed by atoms with Crippen molar-refractivity contribution in [3.8, 4) is 0 Å². The first kappa shape index (κ1) is 16.8. The summed E-state index contributed by atoms with van der Waals surface area (Å²) < 4.78 is 0. The van der Waals surface area contributed by atoms with Crippen molar-refractivity contribution in [2.75, 3.05) is 6.54 Å². The molecule has 1 fully saturated rings. The van der Waals surface area contributed by atoms with Gasteiger partial charge < -0.3 is 15.3 Å². The Morgan fingerprint density at radius 3 is 2.60 bits per heavy atom. The topological polar surface area (TPSA) is 69.6 Å². The van der Waals surface area contributed by atoms with Gasteiger partial charge in [-0.3, -0.25) is 4.79 Å². The smallest absolute Gasteiger partial charge is 0.317 e. The zero-order chi connectivity index (χ0) is 15.1. The molecule has 1 aliphatic carbocycles. The number of nitrogens with zero attached hydrogens (tertiary/aromatic N) is 1. The van der Waals surface area contributed by atoms with E-state index in [2.05, 4.69) is 19.2 Å². The summed E-state index contributed by atoms with van der Waals surface area (Å²) in [6.07, 6.45) is 5.24. The predicted octanol–water partition coefficient (Wildman–Crippen LogP) is 2.85. The summed E-state index contributed by atoms with van der Waals surface area (Å²) >= 11 is 0. The van der Waals surface area contributed by atoms with Crippen LogP contribution in [0.2, 0.25) is 0 Å². The molecule has 0 spiro atoms. The highest BCUT2D eigenvalue weighted by Crippen LogP contribution is 2.26. The van der Waals surface area contributed by atoms with Gasteiger partial charge in [0, 0.05) is 18.6 Å². The first-order valence-electron chi connectivity index (χ1n) is 7.81. The molecule has 0 saturated heterocycles. The molecule has 20 heavy (non-hydrogen) atoms. The largest absolute Gasteiger partial charge is 0.481 e. The van der Waals surface area contributed by atoms with Gasteiger partial charge in [-0.1, -0.05) is 26.7 Å². The van der Waals surface area contributed by atoms with Crippen molar-refractivity contribution in [2.45, 2.75) is 71.4 Å². The lowest BCUT2D eigenvalue weighted by Gasteiger charge is -2.31. The predicted molar refractivity (Wildman–Crippen MR) is 78.7 cm³/mol. The van der Waals surface area contributed by atoms with Gasteiger partial charge in [-0.25, -0.2) is 4.79 Å². The monoisotopic (exact) mass is 284 g/mol. The van der Waals surface area contributed by atoms with Gasteiger partial charge in [-0.15, -0.1) is 0 Å². The molecular weight excluding hydrogens is 256 g/mol. The molecule has 0 radical (unpaired) electrons. The summed E-state index contributed by atoms with van der Waals surface area (Å²) in [6.45, 7) is 6.94. The van der Waals surface area contributed by atoms with Crippen LogP contribution < -0.4 is 5.32 Å². The van der Waals surface area contributed by atoms with Crippen molar-refractivity contribution in [1.29, 1.82) is 0 Å². The summed E-state index contributed by atoms with van der Waals surface area (Å²) in [7, 11) is 0. The lowest BCUT2D eigenvalue weighted by Crippen LogP contribution is -2.50. The maximum atomic E-state index is 12.4. The Morgan fingerprint density at radius 2 is 2.05 bits per heavy atom. The van der Waals surface area contributed by atoms with Crippen LogP contribution >= 0.6 is 0 Å². The first-order chi connectivity index (χ1) is 9.51. The Balaban J connectivity index is 2.62. The highest BCUT2D eigenvalue weighted by Gasteiger charge is 2.35. The van der Waals surface area contributed by atoms with Gasteiger partial charge in [-0.05, 0) is 32.6 Å². The standard InChI is InChI=1S/C15H28N2O3/c1-4-6-10-17(11(3)5-2)15(20)16-13-9-7-8-12(13)14(18)19/h11-13H,4-10H2,1-3H3,(H,16,20)(H,18,19). The van der Waals surface area contributed by atoms with Crippen molar-refractivity contribution in [1.82, 2.24) is 10.2 Å². The van der Waals surface area contributed by atoms with E-state index in [-0.39, 0.29) is 18.1 Å². The van der Waals surface area contributed by atoms with Crippen molar-refractivity contribution in [3.05, 3.63) is 0 Å². The lowest BCUT2D eigenvalue weighted by atomic mass is 10.0. The van der Waals surface area contributed by atoms with E-state index in [0.717, 1.165) is 38.6 Å². The highest BCUT2D eigenvalue weighted by molar-refractivity contribution is 5.77. The molecule has 0 bridgehead atoms. The number of urea groups is 1. The summed E-state index contributed by atoms with van der Waals surface area (Å²) in [4.78, 5) is 25.4. The van der Waals surface area contributed by atoms with E-state index in [1.54, 1.807) is 0 Å². The SMILES string of the molecule is CCCCN(C(=O)NC1CCCC1C(=O)O)C(C)CC. The molecule has 1 aliphatic rings. The number of carboxylic acid groups (broad SMARTS) is 1. The zero-order valence-electron chi connectivity index (χ0n) is 12.9. The van der Waals surface area contributed by atoms with Crippen LogP contribution in [-0.2, 0) is 4.79 Å². The van der Waals surface area contributed by atoms with Crippen molar-refractivity contribution in [2.24, 2.45) is 5.92 Å². The minimum Gasteiger partial charge on any atom is -0.481 e. The maximum absolute atomic E-state index is 12.4. The van der Waals surface area contributed by atoms with Gasteiger partial charge in [0.2, 0.25) is 0 Å². The number of hydrogen-bond donors (Lipinski definition) is 2. The van der Waals surface area contributed by atoms with Crippen LogP contribution in [0.5, 0.6) is 0 Å². The van der Waals surface area contributed by atoms with E-state index in [0.29, 0.717) is 6.42 Å². The Kier molecular flexibility index (Phi) is 6.82. The lowest BCUT2D eigenvalue weighted by molar-refractivity contribution is -0.142. The molecule has 2 amide bonds. The van der Waals surface area contributed by atoms with E-state index < -0.39 is 11.9 Å². The maximum Gasteiger partial charge on any atom is 0.317 e. The zero-order valence-corrected chi connectivity index (χ0v) is 12.9. The van der Waals surface area contributed by atoms with Crippen molar-refractivity contribution in [3.63, 3.8) is 0 Å². The average molecular weight is 284 g/mol. The second-order valence-corrected chi connectivity index (χ2v) is 5.74. The molecule has 0 aliphatic heterocycles. The molecule has 0 aromatic rings. The third-order valence-corrected chi connectivity index (χ3v) is 4.28. The summed E-state index contributed by atoms with van der Waals surface area (Å²) in [5.74, 6) is -1.22. The van der Waals surface area contributed by atoms with E-state index in [1.165, 1.54) is 0 Å². The number of aliphatic carboxylic acids is 1. The van der Waals surface area contributed by atoms with Crippen LogP contribution in [0, 0.1) is 5.92 Å². The van der Waals surface area contributed by atoms with Gasteiger partial charge >= 0.3 is 12.0 Å². The average Bonchev–Trinajstić information content (AvgIpc) is 2.87. The number of carboxylic acids is 1. The molecule has 0 aromatic carbocycles. The van der Waals surface area contributed by atoms with Crippen LogP contribution in [0.3, 0.4) is 0 Å². The minimum absolute atomic E-state index is 0.106. The molecular formula is C15H28N2O3. The second kappa shape index (κ2) is 8.12.